The SMILES string of the molecule is OCc1cc(NCc2ccc(F)cc2)ccc1O. The molecule has 0 atom stereocenters. The monoisotopic (exact) mass is 247 g/mol. The molecule has 0 amide bonds. The minimum atomic E-state index is -0.258. The number of halogens is 1. The third-order valence-electron chi connectivity index (χ3n) is 2.66. The number of nitrogens with one attached hydrogen (secondary N) is 1. The van der Waals surface area contributed by atoms with Gasteiger partial charge in [-0.3, -0.25) is 0 Å². The first-order chi connectivity index (χ1) is 8.69. The van der Waals surface area contributed by atoms with Gasteiger partial charge in [-0.1, -0.05) is 12.1 Å². The van der Waals surface area contributed by atoms with Crippen LogP contribution < -0.4 is 5.32 Å². The Morgan fingerprint density at radius 1 is 1.06 bits per heavy atom. The second kappa shape index (κ2) is 5.51. The van der Waals surface area contributed by atoms with Crippen LogP contribution >= 0.6 is 0 Å². The van der Waals surface area contributed by atoms with Gasteiger partial charge < -0.3 is 15.5 Å². The minimum Gasteiger partial charge on any atom is -0.508 e. The van der Waals surface area contributed by atoms with Crippen molar-refractivity contribution >= 4 is 5.69 Å². The Hall–Kier alpha value is -2.07. The first-order valence-corrected chi connectivity index (χ1v) is 5.60. The van der Waals surface area contributed by atoms with Crippen molar-refractivity contribution in [3.63, 3.8) is 0 Å². The van der Waals surface area contributed by atoms with Gasteiger partial charge in [0.05, 0.1) is 6.61 Å². The van der Waals surface area contributed by atoms with Gasteiger partial charge in [0.2, 0.25) is 0 Å². The molecule has 0 saturated carbocycles. The normalized spacial score (nSPS) is 10.3. The number of aliphatic hydroxyl groups excluding tert-OH is 1. The summed E-state index contributed by atoms with van der Waals surface area (Å²) in [6.07, 6.45) is 0. The summed E-state index contributed by atoms with van der Waals surface area (Å²) >= 11 is 0. The van der Waals surface area contributed by atoms with E-state index in [2.05, 4.69) is 5.32 Å². The predicted molar refractivity (Wildman–Crippen MR) is 67.8 cm³/mol. The fourth-order valence-corrected chi connectivity index (χ4v) is 1.63. The summed E-state index contributed by atoms with van der Waals surface area (Å²) in [4.78, 5) is 0. The summed E-state index contributed by atoms with van der Waals surface area (Å²) in [6, 6.07) is 11.2. The molecule has 18 heavy (non-hydrogen) atoms. The Bertz CT molecular complexity index is 526. The van der Waals surface area contributed by atoms with Crippen molar-refractivity contribution in [3.8, 4) is 5.75 Å². The fourth-order valence-electron chi connectivity index (χ4n) is 1.63. The lowest BCUT2D eigenvalue weighted by atomic mass is 10.1. The highest BCUT2D eigenvalue weighted by atomic mass is 19.1. The standard InChI is InChI=1S/C14H14FNO2/c15-12-3-1-10(2-4-12)8-16-13-5-6-14(18)11(7-13)9-17/h1-7,16-18H,8-9H2. The van der Waals surface area contributed by atoms with E-state index in [0.717, 1.165) is 11.3 Å². The summed E-state index contributed by atoms with van der Waals surface area (Å²) in [5.74, 6) is -0.184. The summed E-state index contributed by atoms with van der Waals surface area (Å²) in [5.41, 5.74) is 2.22. The molecule has 0 unspecified atom stereocenters. The van der Waals surface area contributed by atoms with Gasteiger partial charge in [-0.15, -0.1) is 0 Å². The summed E-state index contributed by atoms with van der Waals surface area (Å²) in [7, 11) is 0. The van der Waals surface area contributed by atoms with Crippen LogP contribution in [0.3, 0.4) is 0 Å². The van der Waals surface area contributed by atoms with E-state index in [1.807, 2.05) is 0 Å². The molecule has 94 valence electrons. The van der Waals surface area contributed by atoms with Crippen LogP contribution in [0.2, 0.25) is 0 Å². The van der Waals surface area contributed by atoms with Gasteiger partial charge in [-0.25, -0.2) is 4.39 Å². The highest BCUT2D eigenvalue weighted by molar-refractivity contribution is 5.50. The number of hydrogen-bond donors (Lipinski definition) is 3. The maximum Gasteiger partial charge on any atom is 0.123 e. The number of phenols is 1. The average molecular weight is 247 g/mol. The molecule has 0 saturated heterocycles. The van der Waals surface area contributed by atoms with Gasteiger partial charge >= 0.3 is 0 Å². The van der Waals surface area contributed by atoms with E-state index >= 15 is 0 Å². The van der Waals surface area contributed by atoms with Gasteiger partial charge in [0.15, 0.2) is 0 Å². The van der Waals surface area contributed by atoms with Crippen molar-refractivity contribution in [1.82, 2.24) is 0 Å². The smallest absolute Gasteiger partial charge is 0.123 e. The molecule has 0 aliphatic heterocycles. The lowest BCUT2D eigenvalue weighted by molar-refractivity contribution is 0.275. The van der Waals surface area contributed by atoms with Gasteiger partial charge in [0.1, 0.15) is 11.6 Å². The van der Waals surface area contributed by atoms with Crippen LogP contribution in [-0.4, -0.2) is 10.2 Å². The van der Waals surface area contributed by atoms with Crippen LogP contribution in [0.25, 0.3) is 0 Å². The van der Waals surface area contributed by atoms with Crippen molar-refractivity contribution in [2.75, 3.05) is 5.32 Å². The van der Waals surface area contributed by atoms with Crippen LogP contribution in [-0.2, 0) is 13.2 Å². The van der Waals surface area contributed by atoms with Crippen LogP contribution in [0.15, 0.2) is 42.5 Å². The first-order valence-electron chi connectivity index (χ1n) is 5.60. The predicted octanol–water partition coefficient (Wildman–Crippen LogP) is 2.64. The molecule has 0 aliphatic carbocycles. The topological polar surface area (TPSA) is 52.5 Å². The third kappa shape index (κ3) is 2.99. The second-order valence-electron chi connectivity index (χ2n) is 3.98. The van der Waals surface area contributed by atoms with Crippen molar-refractivity contribution in [3.05, 3.63) is 59.4 Å². The molecule has 3 N–H and O–H groups in total. The summed E-state index contributed by atoms with van der Waals surface area (Å²) < 4.78 is 12.7. The molecular weight excluding hydrogens is 233 g/mol. The highest BCUT2D eigenvalue weighted by Crippen LogP contribution is 2.21. The van der Waals surface area contributed by atoms with Crippen LogP contribution in [0, 0.1) is 5.82 Å². The molecule has 0 aliphatic rings. The van der Waals surface area contributed by atoms with E-state index in [-0.39, 0.29) is 18.2 Å². The Morgan fingerprint density at radius 2 is 1.78 bits per heavy atom. The Kier molecular flexibility index (Phi) is 3.79. The molecule has 2 aromatic carbocycles. The molecule has 0 heterocycles. The number of rotatable bonds is 4. The van der Waals surface area contributed by atoms with Crippen molar-refractivity contribution in [1.29, 1.82) is 0 Å². The molecule has 0 aromatic heterocycles. The largest absolute Gasteiger partial charge is 0.508 e. The zero-order valence-corrected chi connectivity index (χ0v) is 9.73. The Labute approximate surface area is 105 Å². The van der Waals surface area contributed by atoms with Crippen LogP contribution in [0.5, 0.6) is 5.75 Å². The molecule has 2 rings (SSSR count). The molecule has 0 fully saturated rings. The number of benzene rings is 2. The number of aromatic hydroxyl groups is 1. The maximum absolute atomic E-state index is 12.7. The first kappa shape index (κ1) is 12.4. The highest BCUT2D eigenvalue weighted by Gasteiger charge is 2.01. The fraction of sp³-hybridized carbons (Fsp3) is 0.143. The lowest BCUT2D eigenvalue weighted by Crippen LogP contribution is -2.00. The maximum atomic E-state index is 12.7. The van der Waals surface area contributed by atoms with Crippen molar-refractivity contribution in [2.45, 2.75) is 13.2 Å². The van der Waals surface area contributed by atoms with E-state index < -0.39 is 0 Å². The van der Waals surface area contributed by atoms with Gasteiger partial charge in [-0.05, 0) is 35.9 Å². The second-order valence-corrected chi connectivity index (χ2v) is 3.98. The van der Waals surface area contributed by atoms with Gasteiger partial charge in [0.25, 0.3) is 0 Å². The molecule has 3 nitrogen and oxygen atoms in total. The average Bonchev–Trinajstić information content (AvgIpc) is 2.39. The summed E-state index contributed by atoms with van der Waals surface area (Å²) in [5, 5.41) is 21.6. The van der Waals surface area contributed by atoms with E-state index in [1.54, 1.807) is 24.3 Å². The number of anilines is 1. The van der Waals surface area contributed by atoms with Crippen molar-refractivity contribution < 1.29 is 14.6 Å². The Morgan fingerprint density at radius 3 is 2.44 bits per heavy atom. The zero-order valence-electron chi connectivity index (χ0n) is 9.73. The van der Waals surface area contributed by atoms with E-state index in [0.29, 0.717) is 12.1 Å². The van der Waals surface area contributed by atoms with Crippen LogP contribution in [0.4, 0.5) is 10.1 Å². The molecule has 0 bridgehead atoms. The molecule has 2 aromatic rings. The quantitative estimate of drug-likeness (QED) is 0.728. The van der Waals surface area contributed by atoms with Crippen molar-refractivity contribution in [2.24, 2.45) is 0 Å². The molecule has 4 heteroatoms. The van der Waals surface area contributed by atoms with E-state index in [1.165, 1.54) is 18.2 Å². The third-order valence-corrected chi connectivity index (χ3v) is 2.66. The van der Waals surface area contributed by atoms with E-state index in [9.17, 15) is 9.50 Å². The zero-order chi connectivity index (χ0) is 13.0. The van der Waals surface area contributed by atoms with Gasteiger partial charge in [0, 0.05) is 17.8 Å². The molecular formula is C14H14FNO2. The molecule has 0 spiro atoms. The number of aliphatic hydroxyl groups is 1. The summed E-state index contributed by atoms with van der Waals surface area (Å²) in [6.45, 7) is 0.341. The van der Waals surface area contributed by atoms with E-state index in [4.69, 9.17) is 5.11 Å². The van der Waals surface area contributed by atoms with Crippen LogP contribution in [0.1, 0.15) is 11.1 Å². The number of hydrogen-bond acceptors (Lipinski definition) is 3. The lowest BCUT2D eigenvalue weighted by Gasteiger charge is -2.09. The Balaban J connectivity index is 2.04. The minimum absolute atomic E-state index is 0.0739. The molecule has 0 radical (unpaired) electrons. The van der Waals surface area contributed by atoms with Gasteiger partial charge in [-0.2, -0.15) is 0 Å².